The highest BCUT2D eigenvalue weighted by Gasteiger charge is 2.19. The van der Waals surface area contributed by atoms with Gasteiger partial charge in [0, 0.05) is 37.5 Å². The van der Waals surface area contributed by atoms with E-state index in [1.807, 2.05) is 38.6 Å². The second-order valence-electron chi connectivity index (χ2n) is 5.74. The first kappa shape index (κ1) is 17.8. The third kappa shape index (κ3) is 4.48. The molecule has 0 spiro atoms. The Morgan fingerprint density at radius 1 is 1.42 bits per heavy atom. The molecule has 1 atom stereocenters. The summed E-state index contributed by atoms with van der Waals surface area (Å²) in [4.78, 5) is 13.2. The van der Waals surface area contributed by atoms with Crippen molar-refractivity contribution < 1.29 is 19.4 Å². The van der Waals surface area contributed by atoms with E-state index in [2.05, 4.69) is 10.00 Å². The second-order valence-corrected chi connectivity index (χ2v) is 5.74. The number of benzene rings is 1. The fourth-order valence-electron chi connectivity index (χ4n) is 2.42. The highest BCUT2D eigenvalue weighted by Crippen LogP contribution is 2.33. The molecule has 2 aromatic rings. The third-order valence-electron chi connectivity index (χ3n) is 3.57. The number of carboxylic acid groups (broad SMARTS) is 1. The van der Waals surface area contributed by atoms with Crippen LogP contribution in [0.3, 0.4) is 0 Å². The van der Waals surface area contributed by atoms with E-state index >= 15 is 0 Å². The van der Waals surface area contributed by atoms with Gasteiger partial charge in [-0.05, 0) is 20.0 Å². The maximum atomic E-state index is 11.1. The summed E-state index contributed by atoms with van der Waals surface area (Å²) in [6.45, 7) is 2.81. The Bertz CT molecular complexity index is 699. The highest BCUT2D eigenvalue weighted by atomic mass is 16.5. The van der Waals surface area contributed by atoms with Gasteiger partial charge in [-0.25, -0.2) is 4.79 Å². The molecule has 0 aliphatic rings. The van der Waals surface area contributed by atoms with Crippen LogP contribution in [-0.4, -0.2) is 46.0 Å². The summed E-state index contributed by atoms with van der Waals surface area (Å²) >= 11 is 0. The van der Waals surface area contributed by atoms with E-state index in [9.17, 15) is 4.79 Å². The molecular formula is C17H23N3O4. The van der Waals surface area contributed by atoms with Crippen LogP contribution in [0.15, 0.2) is 30.6 Å². The summed E-state index contributed by atoms with van der Waals surface area (Å²) < 4.78 is 12.7. The lowest BCUT2D eigenvalue weighted by molar-refractivity contribution is -0.144. The molecule has 0 bridgehead atoms. The molecule has 0 aliphatic heterocycles. The topological polar surface area (TPSA) is 76.8 Å². The first-order valence-electron chi connectivity index (χ1n) is 7.62. The molecule has 7 heteroatoms. The van der Waals surface area contributed by atoms with Gasteiger partial charge in [0.2, 0.25) is 0 Å². The van der Waals surface area contributed by atoms with E-state index < -0.39 is 12.1 Å². The Kier molecular flexibility index (Phi) is 5.81. The number of nitrogens with zero attached hydrogens (tertiary/aromatic N) is 3. The van der Waals surface area contributed by atoms with E-state index in [4.69, 9.17) is 14.6 Å². The number of aliphatic carboxylic acids is 1. The van der Waals surface area contributed by atoms with E-state index in [1.54, 1.807) is 10.7 Å². The van der Waals surface area contributed by atoms with E-state index in [0.29, 0.717) is 18.0 Å². The summed E-state index contributed by atoms with van der Waals surface area (Å²) in [5.41, 5.74) is 1.97. The molecule has 0 fully saturated rings. The first-order chi connectivity index (χ1) is 11.4. The monoisotopic (exact) mass is 333 g/mol. The normalized spacial score (nSPS) is 12.2. The van der Waals surface area contributed by atoms with Crippen molar-refractivity contribution in [2.24, 2.45) is 7.05 Å². The van der Waals surface area contributed by atoms with Crippen LogP contribution < -0.4 is 9.47 Å². The average Bonchev–Trinajstić information content (AvgIpc) is 2.93. The van der Waals surface area contributed by atoms with Crippen LogP contribution in [-0.2, 0) is 24.9 Å². The molecule has 0 amide bonds. The molecule has 0 radical (unpaired) electrons. The number of aryl methyl sites for hydroxylation is 1. The Hall–Kier alpha value is -2.54. The lowest BCUT2D eigenvalue weighted by Crippen LogP contribution is -2.24. The second kappa shape index (κ2) is 7.83. The molecule has 1 heterocycles. The van der Waals surface area contributed by atoms with Crippen LogP contribution in [0, 0.1) is 0 Å². The summed E-state index contributed by atoms with van der Waals surface area (Å²) in [6.07, 6.45) is 2.83. The number of carbonyl (C=O) groups is 1. The zero-order valence-electron chi connectivity index (χ0n) is 14.4. The summed E-state index contributed by atoms with van der Waals surface area (Å²) in [5.74, 6) is -0.0288. The first-order valence-corrected chi connectivity index (χ1v) is 7.62. The van der Waals surface area contributed by atoms with Crippen molar-refractivity contribution in [3.8, 4) is 11.5 Å². The number of methoxy groups -OCH3 is 1. The molecule has 1 aromatic heterocycles. The van der Waals surface area contributed by atoms with Crippen LogP contribution in [0.25, 0.3) is 0 Å². The quantitative estimate of drug-likeness (QED) is 0.795. The molecule has 24 heavy (non-hydrogen) atoms. The third-order valence-corrected chi connectivity index (χ3v) is 3.57. The standard InChI is InChI=1S/C17H23N3O4/c1-12(17(21)22)24-16-14(6-5-7-15(16)23-4)11-19(2)9-13-8-18-20(3)10-13/h5-8,10,12H,9,11H2,1-4H3,(H,21,22)/t12-/m1/s1. The molecule has 0 unspecified atom stereocenters. The van der Waals surface area contributed by atoms with Crippen LogP contribution in [0.2, 0.25) is 0 Å². The Labute approximate surface area is 141 Å². The molecule has 2 rings (SSSR count). The van der Waals surface area contributed by atoms with E-state index in [1.165, 1.54) is 14.0 Å². The van der Waals surface area contributed by atoms with Crippen LogP contribution in [0.5, 0.6) is 11.5 Å². The van der Waals surface area contributed by atoms with Gasteiger partial charge in [-0.3, -0.25) is 9.58 Å². The van der Waals surface area contributed by atoms with Crippen molar-refractivity contribution in [3.63, 3.8) is 0 Å². The lowest BCUT2D eigenvalue weighted by Gasteiger charge is -2.21. The molecule has 7 nitrogen and oxygen atoms in total. The molecule has 0 aliphatic carbocycles. The number of ether oxygens (including phenoxy) is 2. The number of rotatable bonds is 8. The van der Waals surface area contributed by atoms with E-state index in [0.717, 1.165) is 17.7 Å². The smallest absolute Gasteiger partial charge is 0.344 e. The van der Waals surface area contributed by atoms with Gasteiger partial charge >= 0.3 is 5.97 Å². The minimum atomic E-state index is -1.02. The number of aromatic nitrogens is 2. The molecule has 0 saturated heterocycles. The fraction of sp³-hybridized carbons (Fsp3) is 0.412. The van der Waals surface area contributed by atoms with Crippen molar-refractivity contribution in [3.05, 3.63) is 41.7 Å². The summed E-state index contributed by atoms with van der Waals surface area (Å²) in [6, 6.07) is 5.53. The molecular weight excluding hydrogens is 310 g/mol. The maximum absolute atomic E-state index is 11.1. The zero-order chi connectivity index (χ0) is 17.7. The van der Waals surface area contributed by atoms with Crippen LogP contribution in [0.1, 0.15) is 18.1 Å². The van der Waals surface area contributed by atoms with Gasteiger partial charge in [0.05, 0.1) is 13.3 Å². The lowest BCUT2D eigenvalue weighted by atomic mass is 10.1. The predicted octanol–water partition coefficient (Wildman–Crippen LogP) is 1.91. The largest absolute Gasteiger partial charge is 0.493 e. The highest BCUT2D eigenvalue weighted by molar-refractivity contribution is 5.72. The fourth-order valence-corrected chi connectivity index (χ4v) is 2.42. The summed E-state index contributed by atoms with van der Waals surface area (Å²) in [5, 5.41) is 13.3. The minimum absolute atomic E-state index is 0.466. The van der Waals surface area contributed by atoms with Gasteiger partial charge in [-0.15, -0.1) is 0 Å². The number of hydrogen-bond acceptors (Lipinski definition) is 5. The van der Waals surface area contributed by atoms with Gasteiger partial charge in [0.15, 0.2) is 17.6 Å². The van der Waals surface area contributed by atoms with E-state index in [-0.39, 0.29) is 0 Å². The number of para-hydroxylation sites is 1. The molecule has 0 saturated carbocycles. The van der Waals surface area contributed by atoms with Crippen molar-refractivity contribution in [1.29, 1.82) is 0 Å². The van der Waals surface area contributed by atoms with Gasteiger partial charge in [0.25, 0.3) is 0 Å². The van der Waals surface area contributed by atoms with Crippen molar-refractivity contribution in [2.75, 3.05) is 14.2 Å². The summed E-state index contributed by atoms with van der Waals surface area (Å²) in [7, 11) is 5.40. The van der Waals surface area contributed by atoms with Crippen molar-refractivity contribution in [2.45, 2.75) is 26.1 Å². The van der Waals surface area contributed by atoms with Gasteiger partial charge in [0.1, 0.15) is 0 Å². The van der Waals surface area contributed by atoms with Crippen LogP contribution in [0.4, 0.5) is 0 Å². The van der Waals surface area contributed by atoms with Crippen molar-refractivity contribution >= 4 is 5.97 Å². The predicted molar refractivity (Wildman–Crippen MR) is 89.1 cm³/mol. The Morgan fingerprint density at radius 3 is 2.75 bits per heavy atom. The van der Waals surface area contributed by atoms with Gasteiger partial charge in [-0.2, -0.15) is 5.10 Å². The Balaban J connectivity index is 2.17. The molecule has 130 valence electrons. The SMILES string of the molecule is COc1cccc(CN(C)Cc2cnn(C)c2)c1O[C@H](C)C(=O)O. The number of hydrogen-bond donors (Lipinski definition) is 1. The van der Waals surface area contributed by atoms with Gasteiger partial charge < -0.3 is 14.6 Å². The molecule has 1 aromatic carbocycles. The average molecular weight is 333 g/mol. The van der Waals surface area contributed by atoms with Crippen LogP contribution >= 0.6 is 0 Å². The van der Waals surface area contributed by atoms with Crippen molar-refractivity contribution in [1.82, 2.24) is 14.7 Å². The Morgan fingerprint density at radius 2 is 2.17 bits per heavy atom. The number of carboxylic acids is 1. The minimum Gasteiger partial charge on any atom is -0.493 e. The molecule has 1 N–H and O–H groups in total. The zero-order valence-corrected chi connectivity index (χ0v) is 14.4. The van der Waals surface area contributed by atoms with Gasteiger partial charge in [-0.1, -0.05) is 12.1 Å². The maximum Gasteiger partial charge on any atom is 0.344 e.